The van der Waals surface area contributed by atoms with Crippen LogP contribution in [0.5, 0.6) is 0 Å². The van der Waals surface area contributed by atoms with Gasteiger partial charge >= 0.3 is 0 Å². The molecule has 0 bridgehead atoms. The van der Waals surface area contributed by atoms with Crippen LogP contribution < -0.4 is 18.1 Å². The molecular formula is C30H65ClN2. The molecule has 0 aromatic heterocycles. The molecule has 0 unspecified atom stereocenters. The minimum Gasteiger partial charge on any atom is -1.00 e. The summed E-state index contributed by atoms with van der Waals surface area (Å²) in [6.45, 7) is 11.3. The first kappa shape index (κ1) is 37.5. The maximum Gasteiger partial charge on any atom is 0.0966 e. The third-order valence-corrected chi connectivity index (χ3v) is 6.55. The smallest absolute Gasteiger partial charge is 0.0966 e. The molecule has 0 atom stereocenters. The summed E-state index contributed by atoms with van der Waals surface area (Å²) in [5, 5.41) is 0. The Kier molecular flexibility index (Phi) is 36.3. The van der Waals surface area contributed by atoms with Gasteiger partial charge in [0.25, 0.3) is 0 Å². The summed E-state index contributed by atoms with van der Waals surface area (Å²) in [6, 6.07) is 0. The molecule has 0 aliphatic rings. The Bertz CT molecular complexity index is 324. The van der Waals surface area contributed by atoms with Gasteiger partial charge in [0, 0.05) is 6.42 Å². The summed E-state index contributed by atoms with van der Waals surface area (Å²) in [4.78, 5) is 0. The zero-order valence-electron chi connectivity index (χ0n) is 23.7. The van der Waals surface area contributed by atoms with Gasteiger partial charge in [-0.25, -0.2) is 0 Å². The van der Waals surface area contributed by atoms with Crippen LogP contribution in [0, 0.1) is 0 Å². The SMILES string of the molecule is C=CC[N+](C)(C)CCCN.CCCCCCCCCCCCCCCCCCCCCC.[Cl-]. The predicted octanol–water partition coefficient (Wildman–Crippen LogP) is 6.43. The molecular weight excluding hydrogens is 424 g/mol. The van der Waals surface area contributed by atoms with Gasteiger partial charge < -0.3 is 22.6 Å². The largest absolute Gasteiger partial charge is 1.00 e. The first-order valence-corrected chi connectivity index (χ1v) is 14.7. The van der Waals surface area contributed by atoms with E-state index in [0.29, 0.717) is 0 Å². The van der Waals surface area contributed by atoms with Crippen molar-refractivity contribution in [3.05, 3.63) is 12.7 Å². The van der Waals surface area contributed by atoms with Crippen LogP contribution in [0.25, 0.3) is 0 Å². The van der Waals surface area contributed by atoms with E-state index in [0.717, 1.165) is 30.5 Å². The standard InChI is InChI=1S/C22H46.C8H19N2.ClH/c1-3-5-7-9-11-13-15-17-19-21-22-20-18-16-14-12-10-8-6-4-2;1-4-7-10(2,3)8-5-6-9;/h3-22H2,1-2H3;4H,1,5-9H2,2-3H3;1H/q;+1;/p-1. The van der Waals surface area contributed by atoms with Crippen LogP contribution in [0.1, 0.15) is 149 Å². The molecule has 0 aliphatic carbocycles. The van der Waals surface area contributed by atoms with Gasteiger partial charge in [-0.2, -0.15) is 0 Å². The quantitative estimate of drug-likeness (QED) is 0.0944. The van der Waals surface area contributed by atoms with Crippen molar-refractivity contribution in [1.82, 2.24) is 0 Å². The summed E-state index contributed by atoms with van der Waals surface area (Å²) in [6.07, 6.45) is 32.5. The Morgan fingerprint density at radius 1 is 0.545 bits per heavy atom. The predicted molar refractivity (Wildman–Crippen MR) is 149 cm³/mol. The van der Waals surface area contributed by atoms with E-state index >= 15 is 0 Å². The Morgan fingerprint density at radius 3 is 1.03 bits per heavy atom. The van der Waals surface area contributed by atoms with Gasteiger partial charge in [0.15, 0.2) is 0 Å². The van der Waals surface area contributed by atoms with E-state index in [2.05, 4.69) is 34.5 Å². The zero-order chi connectivity index (χ0) is 24.2. The van der Waals surface area contributed by atoms with E-state index in [1.165, 1.54) is 128 Å². The first-order valence-electron chi connectivity index (χ1n) is 14.7. The number of hydrogen-bond acceptors (Lipinski definition) is 1. The van der Waals surface area contributed by atoms with Crippen molar-refractivity contribution >= 4 is 0 Å². The van der Waals surface area contributed by atoms with Crippen LogP contribution in [0.2, 0.25) is 0 Å². The molecule has 0 amide bonds. The summed E-state index contributed by atoms with van der Waals surface area (Å²) in [5.74, 6) is 0. The highest BCUT2D eigenvalue weighted by Gasteiger charge is 2.10. The molecule has 0 radical (unpaired) electrons. The van der Waals surface area contributed by atoms with E-state index in [4.69, 9.17) is 5.73 Å². The van der Waals surface area contributed by atoms with E-state index < -0.39 is 0 Å². The van der Waals surface area contributed by atoms with E-state index in [1.54, 1.807) is 0 Å². The van der Waals surface area contributed by atoms with Crippen LogP contribution in [-0.2, 0) is 0 Å². The average molecular weight is 489 g/mol. The summed E-state index contributed by atoms with van der Waals surface area (Å²) < 4.78 is 1.00. The molecule has 0 fully saturated rings. The van der Waals surface area contributed by atoms with Gasteiger partial charge in [0.1, 0.15) is 0 Å². The average Bonchev–Trinajstić information content (AvgIpc) is 2.77. The second-order valence-corrected chi connectivity index (χ2v) is 10.6. The fourth-order valence-corrected chi connectivity index (χ4v) is 4.29. The molecule has 202 valence electrons. The number of nitrogens with zero attached hydrogens (tertiary/aromatic N) is 1. The molecule has 2 N–H and O–H groups in total. The maximum atomic E-state index is 5.40. The monoisotopic (exact) mass is 488 g/mol. The number of hydrogen-bond donors (Lipinski definition) is 1. The molecule has 0 aromatic carbocycles. The van der Waals surface area contributed by atoms with Crippen molar-refractivity contribution in [3.8, 4) is 0 Å². The molecule has 3 heteroatoms. The number of unbranched alkanes of at least 4 members (excludes halogenated alkanes) is 19. The lowest BCUT2D eigenvalue weighted by atomic mass is 10.0. The van der Waals surface area contributed by atoms with Gasteiger partial charge in [-0.3, -0.25) is 0 Å². The molecule has 0 saturated carbocycles. The zero-order valence-corrected chi connectivity index (χ0v) is 24.4. The van der Waals surface area contributed by atoms with Gasteiger partial charge in [-0.15, -0.1) is 0 Å². The van der Waals surface area contributed by atoms with Crippen LogP contribution in [-0.4, -0.2) is 38.2 Å². The minimum absolute atomic E-state index is 0. The minimum atomic E-state index is 0. The second kappa shape index (κ2) is 32.0. The molecule has 0 aromatic rings. The fraction of sp³-hybridized carbons (Fsp3) is 0.933. The Balaban J connectivity index is -0.000000690. The number of rotatable bonds is 24. The number of halogens is 1. The molecule has 0 heterocycles. The highest BCUT2D eigenvalue weighted by Crippen LogP contribution is 2.14. The van der Waals surface area contributed by atoms with Crippen LogP contribution >= 0.6 is 0 Å². The van der Waals surface area contributed by atoms with Gasteiger partial charge in [0.05, 0.1) is 27.2 Å². The molecule has 2 nitrogen and oxygen atoms in total. The van der Waals surface area contributed by atoms with Crippen LogP contribution in [0.15, 0.2) is 12.7 Å². The van der Waals surface area contributed by atoms with Crippen molar-refractivity contribution in [3.63, 3.8) is 0 Å². The van der Waals surface area contributed by atoms with Crippen molar-refractivity contribution in [2.75, 3.05) is 33.7 Å². The molecule has 0 rings (SSSR count). The molecule has 0 spiro atoms. The third-order valence-electron chi connectivity index (χ3n) is 6.55. The Hall–Kier alpha value is -0.0500. The summed E-state index contributed by atoms with van der Waals surface area (Å²) in [7, 11) is 4.38. The number of nitrogens with two attached hydrogens (primary N) is 1. The highest BCUT2D eigenvalue weighted by atomic mass is 35.5. The summed E-state index contributed by atoms with van der Waals surface area (Å²) in [5.41, 5.74) is 5.40. The Labute approximate surface area is 217 Å². The Morgan fingerprint density at radius 2 is 0.818 bits per heavy atom. The normalized spacial score (nSPS) is 10.9. The van der Waals surface area contributed by atoms with E-state index in [1.807, 2.05) is 6.08 Å². The van der Waals surface area contributed by atoms with Crippen molar-refractivity contribution in [1.29, 1.82) is 0 Å². The van der Waals surface area contributed by atoms with Crippen molar-refractivity contribution in [2.45, 2.75) is 149 Å². The van der Waals surface area contributed by atoms with E-state index in [9.17, 15) is 0 Å². The van der Waals surface area contributed by atoms with Crippen molar-refractivity contribution in [2.24, 2.45) is 5.73 Å². The third kappa shape index (κ3) is 36.7. The second-order valence-electron chi connectivity index (χ2n) is 10.6. The maximum absolute atomic E-state index is 5.40. The van der Waals surface area contributed by atoms with Gasteiger partial charge in [-0.05, 0) is 12.6 Å². The first-order chi connectivity index (χ1) is 15.5. The fourth-order valence-electron chi connectivity index (χ4n) is 4.29. The van der Waals surface area contributed by atoms with Gasteiger partial charge in [-0.1, -0.05) is 149 Å². The summed E-state index contributed by atoms with van der Waals surface area (Å²) >= 11 is 0. The number of quaternary nitrogens is 1. The van der Waals surface area contributed by atoms with E-state index in [-0.39, 0.29) is 12.4 Å². The lowest BCUT2D eigenvalue weighted by Gasteiger charge is -2.27. The molecule has 0 saturated heterocycles. The lowest BCUT2D eigenvalue weighted by Crippen LogP contribution is -3.00. The molecule has 33 heavy (non-hydrogen) atoms. The van der Waals surface area contributed by atoms with Gasteiger partial charge in [0.2, 0.25) is 0 Å². The molecule has 0 aliphatic heterocycles. The highest BCUT2D eigenvalue weighted by molar-refractivity contribution is 4.64. The van der Waals surface area contributed by atoms with Crippen molar-refractivity contribution < 1.29 is 16.9 Å². The topological polar surface area (TPSA) is 26.0 Å². The van der Waals surface area contributed by atoms with Crippen LogP contribution in [0.3, 0.4) is 0 Å². The van der Waals surface area contributed by atoms with Crippen LogP contribution in [0.4, 0.5) is 0 Å². The lowest BCUT2D eigenvalue weighted by molar-refractivity contribution is -0.884. The number of likely N-dealkylation sites (N-methyl/N-ethyl adjacent to an activating group) is 1.